The molecule has 1 aromatic carbocycles. The summed E-state index contributed by atoms with van der Waals surface area (Å²) in [6.45, 7) is 1.53. The maximum Gasteiger partial charge on any atom is 0.232 e. The lowest BCUT2D eigenvalue weighted by Crippen LogP contribution is -2.33. The van der Waals surface area contributed by atoms with E-state index in [4.69, 9.17) is 5.73 Å². The monoisotopic (exact) mass is 272 g/mol. The Morgan fingerprint density at radius 2 is 2.12 bits per heavy atom. The van der Waals surface area contributed by atoms with Crippen LogP contribution in [0.4, 0.5) is 0 Å². The molecule has 0 aliphatic carbocycles. The van der Waals surface area contributed by atoms with Crippen LogP contribution in [0.1, 0.15) is 6.42 Å². The number of nitrogens with zero attached hydrogens (tertiary/aromatic N) is 1. The summed E-state index contributed by atoms with van der Waals surface area (Å²) in [5.74, 6) is 0.707. The van der Waals surface area contributed by atoms with E-state index in [2.05, 4.69) is 0 Å². The standard InChI is InChI=1S/C12H16N2OS.ClH/c13-10-6-7-14(8-10)12(15)9-16-11-4-2-1-3-5-11;/h1-5,10H,6-9,13H2;1H/t10-;/m1./s1. The van der Waals surface area contributed by atoms with Crippen molar-refractivity contribution in [3.63, 3.8) is 0 Å². The second-order valence-electron chi connectivity index (χ2n) is 3.99. The number of likely N-dealkylation sites (tertiary alicyclic amines) is 1. The van der Waals surface area contributed by atoms with Crippen LogP contribution in [-0.2, 0) is 4.79 Å². The highest BCUT2D eigenvalue weighted by atomic mass is 35.5. The van der Waals surface area contributed by atoms with Crippen LogP contribution in [0.5, 0.6) is 0 Å². The van der Waals surface area contributed by atoms with Crippen molar-refractivity contribution < 1.29 is 4.79 Å². The van der Waals surface area contributed by atoms with Crippen LogP contribution in [0.15, 0.2) is 35.2 Å². The van der Waals surface area contributed by atoms with Gasteiger partial charge in [-0.2, -0.15) is 0 Å². The number of hydrogen-bond acceptors (Lipinski definition) is 3. The fourth-order valence-electron chi connectivity index (χ4n) is 1.77. The van der Waals surface area contributed by atoms with Gasteiger partial charge in [-0.3, -0.25) is 4.79 Å². The van der Waals surface area contributed by atoms with Crippen molar-refractivity contribution in [1.82, 2.24) is 4.90 Å². The third kappa shape index (κ3) is 4.22. The number of carbonyl (C=O) groups is 1. The summed E-state index contributed by atoms with van der Waals surface area (Å²) in [6, 6.07) is 10.2. The van der Waals surface area contributed by atoms with E-state index in [1.165, 1.54) is 0 Å². The van der Waals surface area contributed by atoms with Crippen molar-refractivity contribution in [2.75, 3.05) is 18.8 Å². The van der Waals surface area contributed by atoms with Gasteiger partial charge in [0, 0.05) is 24.0 Å². The van der Waals surface area contributed by atoms with Gasteiger partial charge in [-0.15, -0.1) is 24.2 Å². The van der Waals surface area contributed by atoms with Gasteiger partial charge in [-0.25, -0.2) is 0 Å². The molecular weight excluding hydrogens is 256 g/mol. The summed E-state index contributed by atoms with van der Waals surface area (Å²) < 4.78 is 0. The summed E-state index contributed by atoms with van der Waals surface area (Å²) in [5, 5.41) is 0. The van der Waals surface area contributed by atoms with Gasteiger partial charge in [-0.05, 0) is 18.6 Å². The molecule has 1 aliphatic heterocycles. The highest BCUT2D eigenvalue weighted by molar-refractivity contribution is 8.00. The number of thioether (sulfide) groups is 1. The molecule has 1 atom stereocenters. The molecule has 1 fully saturated rings. The Kier molecular flexibility index (Phi) is 5.82. The first-order valence-corrected chi connectivity index (χ1v) is 6.45. The number of rotatable bonds is 3. The average molecular weight is 273 g/mol. The first kappa shape index (κ1) is 14.4. The first-order chi connectivity index (χ1) is 7.75. The number of amides is 1. The zero-order valence-electron chi connectivity index (χ0n) is 9.54. The Morgan fingerprint density at radius 1 is 1.41 bits per heavy atom. The molecule has 1 saturated heterocycles. The van der Waals surface area contributed by atoms with Crippen LogP contribution < -0.4 is 5.73 Å². The van der Waals surface area contributed by atoms with Gasteiger partial charge in [-0.1, -0.05) is 18.2 Å². The van der Waals surface area contributed by atoms with Gasteiger partial charge < -0.3 is 10.6 Å². The quantitative estimate of drug-likeness (QED) is 0.853. The molecule has 0 bridgehead atoms. The first-order valence-electron chi connectivity index (χ1n) is 5.47. The van der Waals surface area contributed by atoms with Crippen LogP contribution in [0, 0.1) is 0 Å². The van der Waals surface area contributed by atoms with Crippen LogP contribution in [0.2, 0.25) is 0 Å². The van der Waals surface area contributed by atoms with Gasteiger partial charge in [0.25, 0.3) is 0 Å². The van der Waals surface area contributed by atoms with Crippen molar-refractivity contribution in [1.29, 1.82) is 0 Å². The maximum absolute atomic E-state index is 11.8. The third-order valence-electron chi connectivity index (χ3n) is 2.68. The Balaban J connectivity index is 0.00000144. The molecule has 0 unspecified atom stereocenters. The minimum Gasteiger partial charge on any atom is -0.340 e. The molecule has 17 heavy (non-hydrogen) atoms. The van der Waals surface area contributed by atoms with Crippen LogP contribution in [0.3, 0.4) is 0 Å². The molecule has 3 nitrogen and oxygen atoms in total. The highest BCUT2D eigenvalue weighted by Gasteiger charge is 2.23. The van der Waals surface area contributed by atoms with E-state index in [-0.39, 0.29) is 24.4 Å². The number of halogens is 1. The SMILES string of the molecule is Cl.N[C@@H]1CCN(C(=O)CSc2ccccc2)C1. The van der Waals surface area contributed by atoms with Crippen molar-refractivity contribution in [3.8, 4) is 0 Å². The van der Waals surface area contributed by atoms with Gasteiger partial charge in [0.1, 0.15) is 0 Å². The fourth-order valence-corrected chi connectivity index (χ4v) is 2.59. The lowest BCUT2D eigenvalue weighted by Gasteiger charge is -2.15. The van der Waals surface area contributed by atoms with Crippen molar-refractivity contribution in [2.45, 2.75) is 17.4 Å². The van der Waals surface area contributed by atoms with E-state index in [1.807, 2.05) is 35.2 Å². The molecule has 0 aromatic heterocycles. The Morgan fingerprint density at radius 3 is 2.71 bits per heavy atom. The number of hydrogen-bond donors (Lipinski definition) is 1. The minimum atomic E-state index is 0. The van der Waals surface area contributed by atoms with E-state index < -0.39 is 0 Å². The molecule has 0 spiro atoms. The molecular formula is C12H17ClN2OS. The predicted octanol–water partition coefficient (Wildman–Crippen LogP) is 1.76. The number of carbonyl (C=O) groups excluding carboxylic acids is 1. The van der Waals surface area contributed by atoms with Crippen LogP contribution in [-0.4, -0.2) is 35.7 Å². The average Bonchev–Trinajstić information content (AvgIpc) is 2.74. The normalized spacial score (nSPS) is 18.9. The van der Waals surface area contributed by atoms with Gasteiger partial charge >= 0.3 is 0 Å². The molecule has 94 valence electrons. The molecule has 0 saturated carbocycles. The van der Waals surface area contributed by atoms with Crippen molar-refractivity contribution in [2.24, 2.45) is 5.73 Å². The summed E-state index contributed by atoms with van der Waals surface area (Å²) in [5.41, 5.74) is 5.77. The van der Waals surface area contributed by atoms with Crippen molar-refractivity contribution in [3.05, 3.63) is 30.3 Å². The summed E-state index contributed by atoms with van der Waals surface area (Å²) >= 11 is 1.58. The highest BCUT2D eigenvalue weighted by Crippen LogP contribution is 2.18. The van der Waals surface area contributed by atoms with E-state index in [0.29, 0.717) is 12.3 Å². The molecule has 1 heterocycles. The molecule has 5 heteroatoms. The predicted molar refractivity (Wildman–Crippen MR) is 73.6 cm³/mol. The lowest BCUT2D eigenvalue weighted by atomic mass is 10.3. The molecule has 2 rings (SSSR count). The second kappa shape index (κ2) is 6.89. The van der Waals surface area contributed by atoms with Gasteiger partial charge in [0.2, 0.25) is 5.91 Å². The zero-order valence-corrected chi connectivity index (χ0v) is 11.2. The topological polar surface area (TPSA) is 46.3 Å². The third-order valence-corrected chi connectivity index (χ3v) is 3.68. The molecule has 1 aliphatic rings. The zero-order chi connectivity index (χ0) is 11.4. The summed E-state index contributed by atoms with van der Waals surface area (Å²) in [7, 11) is 0. The molecule has 1 aromatic rings. The van der Waals surface area contributed by atoms with E-state index in [0.717, 1.165) is 17.9 Å². The smallest absolute Gasteiger partial charge is 0.232 e. The summed E-state index contributed by atoms with van der Waals surface area (Å²) in [6.07, 6.45) is 0.932. The lowest BCUT2D eigenvalue weighted by molar-refractivity contribution is -0.127. The van der Waals surface area contributed by atoms with Crippen LogP contribution >= 0.6 is 24.2 Å². The summed E-state index contributed by atoms with van der Waals surface area (Å²) in [4.78, 5) is 14.8. The van der Waals surface area contributed by atoms with E-state index >= 15 is 0 Å². The minimum absolute atomic E-state index is 0. The number of benzene rings is 1. The largest absolute Gasteiger partial charge is 0.340 e. The Bertz CT molecular complexity index is 361. The molecule has 0 radical (unpaired) electrons. The maximum atomic E-state index is 11.8. The molecule has 1 amide bonds. The van der Waals surface area contributed by atoms with Gasteiger partial charge in [0.05, 0.1) is 5.75 Å². The Hall–Kier alpha value is -0.710. The van der Waals surface area contributed by atoms with E-state index in [1.54, 1.807) is 11.8 Å². The van der Waals surface area contributed by atoms with Crippen molar-refractivity contribution >= 4 is 30.1 Å². The van der Waals surface area contributed by atoms with E-state index in [9.17, 15) is 4.79 Å². The fraction of sp³-hybridized carbons (Fsp3) is 0.417. The molecule has 2 N–H and O–H groups in total. The Labute approximate surface area is 112 Å². The van der Waals surface area contributed by atoms with Crippen LogP contribution in [0.25, 0.3) is 0 Å². The number of nitrogens with two attached hydrogens (primary N) is 1. The second-order valence-corrected chi connectivity index (χ2v) is 5.04. The van der Waals surface area contributed by atoms with Gasteiger partial charge in [0.15, 0.2) is 0 Å².